The Bertz CT molecular complexity index is 474. The first-order valence-corrected chi connectivity index (χ1v) is 5.83. The Balaban J connectivity index is 2.75. The van der Waals surface area contributed by atoms with Gasteiger partial charge in [-0.1, -0.05) is 12.1 Å². The van der Waals surface area contributed by atoms with E-state index in [2.05, 4.69) is 16.6 Å². The van der Waals surface area contributed by atoms with E-state index < -0.39 is 23.7 Å². The highest BCUT2D eigenvalue weighted by Crippen LogP contribution is 2.06. The third-order valence-corrected chi connectivity index (χ3v) is 2.54. The molecule has 19 heavy (non-hydrogen) atoms. The number of hydrogen-bond donors (Lipinski definition) is 1. The van der Waals surface area contributed by atoms with Gasteiger partial charge in [-0.3, -0.25) is 4.79 Å². The second-order valence-corrected chi connectivity index (χ2v) is 3.93. The first-order chi connectivity index (χ1) is 9.08. The van der Waals surface area contributed by atoms with Crippen LogP contribution in [0, 0.1) is 5.82 Å². The Hall–Kier alpha value is -2.17. The molecule has 0 spiro atoms. The Kier molecular flexibility index (Phi) is 5.73. The number of benzene rings is 1. The zero-order chi connectivity index (χ0) is 14.3. The molecule has 0 saturated heterocycles. The fourth-order valence-electron chi connectivity index (χ4n) is 1.55. The molecule has 1 aromatic carbocycles. The third kappa shape index (κ3) is 4.54. The molecule has 5 heteroatoms. The van der Waals surface area contributed by atoms with Crippen LogP contribution in [0.3, 0.4) is 0 Å². The summed E-state index contributed by atoms with van der Waals surface area (Å²) in [5.41, 5.74) is 0.160. The maximum Gasteiger partial charge on any atom is 0.328 e. The SMILES string of the molecule is C=CCC[C@@H](NC(=O)c1cccc(F)c1)C(=O)OC. The zero-order valence-corrected chi connectivity index (χ0v) is 10.7. The molecule has 0 aliphatic rings. The predicted octanol–water partition coefficient (Wildman–Crippen LogP) is 2.06. The number of ether oxygens (including phenoxy) is 1. The van der Waals surface area contributed by atoms with E-state index in [1.54, 1.807) is 6.08 Å². The topological polar surface area (TPSA) is 55.4 Å². The lowest BCUT2D eigenvalue weighted by Gasteiger charge is -2.15. The van der Waals surface area contributed by atoms with E-state index in [0.717, 1.165) is 6.07 Å². The van der Waals surface area contributed by atoms with E-state index in [1.807, 2.05) is 0 Å². The summed E-state index contributed by atoms with van der Waals surface area (Å²) in [7, 11) is 1.25. The van der Waals surface area contributed by atoms with Gasteiger partial charge in [-0.2, -0.15) is 0 Å². The van der Waals surface area contributed by atoms with Crippen molar-refractivity contribution in [3.05, 3.63) is 48.3 Å². The fraction of sp³-hybridized carbons (Fsp3) is 0.286. The normalized spacial score (nSPS) is 11.5. The van der Waals surface area contributed by atoms with Crippen LogP contribution in [0.5, 0.6) is 0 Å². The Morgan fingerprint density at radius 1 is 1.53 bits per heavy atom. The largest absolute Gasteiger partial charge is 0.467 e. The smallest absolute Gasteiger partial charge is 0.328 e. The highest BCUT2D eigenvalue weighted by atomic mass is 19.1. The van der Waals surface area contributed by atoms with Gasteiger partial charge in [-0.05, 0) is 31.0 Å². The van der Waals surface area contributed by atoms with Crippen LogP contribution in [0.2, 0.25) is 0 Å². The van der Waals surface area contributed by atoms with E-state index in [4.69, 9.17) is 0 Å². The second kappa shape index (κ2) is 7.31. The number of halogens is 1. The number of carbonyl (C=O) groups excluding carboxylic acids is 2. The Labute approximate surface area is 111 Å². The highest BCUT2D eigenvalue weighted by Gasteiger charge is 2.21. The van der Waals surface area contributed by atoms with Crippen molar-refractivity contribution >= 4 is 11.9 Å². The summed E-state index contributed by atoms with van der Waals surface area (Å²) in [6.07, 6.45) is 2.59. The summed E-state index contributed by atoms with van der Waals surface area (Å²) < 4.78 is 17.6. The summed E-state index contributed by atoms with van der Waals surface area (Å²) in [6.45, 7) is 3.55. The molecule has 1 aromatic rings. The number of allylic oxidation sites excluding steroid dienone is 1. The summed E-state index contributed by atoms with van der Waals surface area (Å²) >= 11 is 0. The molecule has 4 nitrogen and oxygen atoms in total. The Morgan fingerprint density at radius 3 is 2.84 bits per heavy atom. The summed E-state index contributed by atoms with van der Waals surface area (Å²) in [5, 5.41) is 2.52. The number of nitrogens with one attached hydrogen (secondary N) is 1. The van der Waals surface area contributed by atoms with E-state index in [1.165, 1.54) is 25.3 Å². The quantitative estimate of drug-likeness (QED) is 0.632. The van der Waals surface area contributed by atoms with Gasteiger partial charge in [-0.25, -0.2) is 9.18 Å². The van der Waals surface area contributed by atoms with Crippen LogP contribution in [0.25, 0.3) is 0 Å². The molecule has 1 N–H and O–H groups in total. The van der Waals surface area contributed by atoms with E-state index in [-0.39, 0.29) is 5.56 Å². The zero-order valence-electron chi connectivity index (χ0n) is 10.7. The molecule has 0 bridgehead atoms. The number of methoxy groups -OCH3 is 1. The standard InChI is InChI=1S/C14H16FNO3/c1-3-4-8-12(14(18)19-2)16-13(17)10-6-5-7-11(15)9-10/h3,5-7,9,12H,1,4,8H2,2H3,(H,16,17)/t12-/m1/s1. The van der Waals surface area contributed by atoms with Gasteiger partial charge < -0.3 is 10.1 Å². The molecule has 0 aliphatic carbocycles. The maximum atomic E-state index is 13.0. The molecular weight excluding hydrogens is 249 g/mol. The summed E-state index contributed by atoms with van der Waals surface area (Å²) in [6, 6.07) is 4.49. The summed E-state index contributed by atoms with van der Waals surface area (Å²) in [4.78, 5) is 23.4. The number of esters is 1. The molecule has 0 unspecified atom stereocenters. The fourth-order valence-corrected chi connectivity index (χ4v) is 1.55. The van der Waals surface area contributed by atoms with Gasteiger partial charge >= 0.3 is 5.97 Å². The Morgan fingerprint density at radius 2 is 2.26 bits per heavy atom. The molecule has 0 saturated carbocycles. The van der Waals surface area contributed by atoms with Crippen LogP contribution < -0.4 is 5.32 Å². The average molecular weight is 265 g/mol. The van der Waals surface area contributed by atoms with Crippen molar-refractivity contribution in [3.8, 4) is 0 Å². The van der Waals surface area contributed by atoms with Crippen molar-refractivity contribution < 1.29 is 18.7 Å². The molecular formula is C14H16FNO3. The van der Waals surface area contributed by atoms with Crippen LogP contribution >= 0.6 is 0 Å². The maximum absolute atomic E-state index is 13.0. The molecule has 1 amide bonds. The third-order valence-electron chi connectivity index (χ3n) is 2.54. The van der Waals surface area contributed by atoms with Crippen molar-refractivity contribution in [3.63, 3.8) is 0 Å². The molecule has 1 atom stereocenters. The van der Waals surface area contributed by atoms with E-state index in [0.29, 0.717) is 12.8 Å². The number of amides is 1. The second-order valence-electron chi connectivity index (χ2n) is 3.93. The number of carbonyl (C=O) groups is 2. The van der Waals surface area contributed by atoms with Crippen molar-refractivity contribution in [1.82, 2.24) is 5.32 Å². The minimum Gasteiger partial charge on any atom is -0.467 e. The lowest BCUT2D eigenvalue weighted by molar-refractivity contribution is -0.143. The lowest BCUT2D eigenvalue weighted by atomic mass is 10.1. The predicted molar refractivity (Wildman–Crippen MR) is 69.1 cm³/mol. The molecule has 0 radical (unpaired) electrons. The molecule has 102 valence electrons. The van der Waals surface area contributed by atoms with Crippen molar-refractivity contribution in [2.24, 2.45) is 0 Å². The minimum absolute atomic E-state index is 0.160. The number of hydrogen-bond acceptors (Lipinski definition) is 3. The van der Waals surface area contributed by atoms with Gasteiger partial charge in [0.15, 0.2) is 0 Å². The molecule has 1 rings (SSSR count). The van der Waals surface area contributed by atoms with Crippen LogP contribution in [0.1, 0.15) is 23.2 Å². The van der Waals surface area contributed by atoms with Gasteiger partial charge in [0.25, 0.3) is 5.91 Å². The first-order valence-electron chi connectivity index (χ1n) is 5.83. The molecule has 0 heterocycles. The van der Waals surface area contributed by atoms with Crippen molar-refractivity contribution in [2.45, 2.75) is 18.9 Å². The van der Waals surface area contributed by atoms with Gasteiger partial charge in [0.1, 0.15) is 11.9 Å². The van der Waals surface area contributed by atoms with Gasteiger partial charge in [0, 0.05) is 5.56 Å². The van der Waals surface area contributed by atoms with Crippen LogP contribution in [-0.4, -0.2) is 25.0 Å². The average Bonchev–Trinajstić information content (AvgIpc) is 2.42. The van der Waals surface area contributed by atoms with Crippen LogP contribution in [0.4, 0.5) is 4.39 Å². The monoisotopic (exact) mass is 265 g/mol. The van der Waals surface area contributed by atoms with Crippen molar-refractivity contribution in [1.29, 1.82) is 0 Å². The van der Waals surface area contributed by atoms with E-state index >= 15 is 0 Å². The molecule has 0 aliphatic heterocycles. The first kappa shape index (κ1) is 14.9. The molecule has 0 aromatic heterocycles. The van der Waals surface area contributed by atoms with Gasteiger partial charge in [0.05, 0.1) is 7.11 Å². The summed E-state index contributed by atoms with van der Waals surface area (Å²) in [5.74, 6) is -1.56. The van der Waals surface area contributed by atoms with Crippen LogP contribution in [-0.2, 0) is 9.53 Å². The van der Waals surface area contributed by atoms with Gasteiger partial charge in [0.2, 0.25) is 0 Å². The van der Waals surface area contributed by atoms with Crippen molar-refractivity contribution in [2.75, 3.05) is 7.11 Å². The van der Waals surface area contributed by atoms with E-state index in [9.17, 15) is 14.0 Å². The minimum atomic E-state index is -0.765. The van der Waals surface area contributed by atoms with Gasteiger partial charge in [-0.15, -0.1) is 6.58 Å². The molecule has 0 fully saturated rings. The lowest BCUT2D eigenvalue weighted by Crippen LogP contribution is -2.41. The highest BCUT2D eigenvalue weighted by molar-refractivity contribution is 5.96. The van der Waals surface area contributed by atoms with Crippen LogP contribution in [0.15, 0.2) is 36.9 Å². The number of rotatable bonds is 6.